The van der Waals surface area contributed by atoms with Crippen molar-refractivity contribution < 1.29 is 18.3 Å². The number of piperazine rings is 1. The summed E-state index contributed by atoms with van der Waals surface area (Å²) in [6.45, 7) is 6.16. The Bertz CT molecular complexity index is 742. The smallest absolute Gasteiger partial charge is 0.289 e. The summed E-state index contributed by atoms with van der Waals surface area (Å²) < 4.78 is 24.2. The highest BCUT2D eigenvalue weighted by atomic mass is 19.1. The molecule has 0 aliphatic carbocycles. The summed E-state index contributed by atoms with van der Waals surface area (Å²) in [7, 11) is 0. The second kappa shape index (κ2) is 8.10. The molecular weight excluding hydrogens is 349 g/mol. The van der Waals surface area contributed by atoms with Crippen molar-refractivity contribution in [1.29, 1.82) is 0 Å². The van der Waals surface area contributed by atoms with Gasteiger partial charge in [0.15, 0.2) is 5.76 Å². The molecule has 2 fully saturated rings. The summed E-state index contributed by atoms with van der Waals surface area (Å²) in [4.78, 5) is 18.9. The number of benzene rings is 1. The van der Waals surface area contributed by atoms with Gasteiger partial charge < -0.3 is 19.0 Å². The van der Waals surface area contributed by atoms with Crippen LogP contribution in [-0.4, -0.2) is 74.2 Å². The largest absolute Gasteiger partial charge is 0.459 e. The van der Waals surface area contributed by atoms with E-state index >= 15 is 0 Å². The first kappa shape index (κ1) is 18.0. The highest BCUT2D eigenvalue weighted by molar-refractivity contribution is 5.91. The Morgan fingerprint density at radius 1 is 1.07 bits per heavy atom. The standard InChI is InChI=1S/C20H24FN3O3/c21-16-3-5-17(6-4-16)23-9-7-22(8-10-23)14-18-15-24(11-13-26-18)20(25)19-2-1-12-27-19/h1-6,12,18H,7-11,13-15H2/t18-/m1/s1. The van der Waals surface area contributed by atoms with Gasteiger partial charge in [-0.2, -0.15) is 0 Å². The first-order valence-electron chi connectivity index (χ1n) is 9.36. The van der Waals surface area contributed by atoms with Gasteiger partial charge in [0.2, 0.25) is 0 Å². The van der Waals surface area contributed by atoms with Crippen molar-refractivity contribution in [2.45, 2.75) is 6.10 Å². The summed E-state index contributed by atoms with van der Waals surface area (Å²) in [6.07, 6.45) is 1.53. The third kappa shape index (κ3) is 4.31. The molecule has 1 amide bonds. The van der Waals surface area contributed by atoms with Gasteiger partial charge in [0.05, 0.1) is 19.0 Å². The van der Waals surface area contributed by atoms with E-state index in [-0.39, 0.29) is 17.8 Å². The molecular formula is C20H24FN3O3. The summed E-state index contributed by atoms with van der Waals surface area (Å²) in [5, 5.41) is 0. The highest BCUT2D eigenvalue weighted by Crippen LogP contribution is 2.18. The van der Waals surface area contributed by atoms with Crippen LogP contribution in [-0.2, 0) is 4.74 Å². The SMILES string of the molecule is O=C(c1ccco1)N1CCO[C@H](CN2CCN(c3ccc(F)cc3)CC2)C1. The van der Waals surface area contributed by atoms with Crippen LogP contribution in [0.25, 0.3) is 0 Å². The van der Waals surface area contributed by atoms with Crippen LogP contribution in [0.1, 0.15) is 10.6 Å². The van der Waals surface area contributed by atoms with Crippen molar-refractivity contribution >= 4 is 11.6 Å². The van der Waals surface area contributed by atoms with E-state index in [1.165, 1.54) is 18.4 Å². The van der Waals surface area contributed by atoms with Gasteiger partial charge in [0, 0.05) is 51.5 Å². The fourth-order valence-corrected chi connectivity index (χ4v) is 3.70. The average molecular weight is 373 g/mol. The topological polar surface area (TPSA) is 49.2 Å². The number of halogens is 1. The Balaban J connectivity index is 1.27. The highest BCUT2D eigenvalue weighted by Gasteiger charge is 2.28. The van der Waals surface area contributed by atoms with Gasteiger partial charge >= 0.3 is 0 Å². The molecule has 0 bridgehead atoms. The summed E-state index contributed by atoms with van der Waals surface area (Å²) in [5.74, 6) is 0.0958. The summed E-state index contributed by atoms with van der Waals surface area (Å²) in [6, 6.07) is 10.1. The molecule has 2 aliphatic heterocycles. The summed E-state index contributed by atoms with van der Waals surface area (Å²) in [5.41, 5.74) is 1.06. The van der Waals surface area contributed by atoms with E-state index in [0.717, 1.165) is 38.4 Å². The molecule has 144 valence electrons. The predicted octanol–water partition coefficient (Wildman–Crippen LogP) is 2.08. The van der Waals surface area contributed by atoms with Crippen LogP contribution in [0.2, 0.25) is 0 Å². The van der Waals surface area contributed by atoms with Gasteiger partial charge in [-0.05, 0) is 36.4 Å². The number of nitrogens with zero attached hydrogens (tertiary/aromatic N) is 3. The van der Waals surface area contributed by atoms with Crippen LogP contribution in [0.3, 0.4) is 0 Å². The zero-order valence-corrected chi connectivity index (χ0v) is 15.2. The number of hydrogen-bond acceptors (Lipinski definition) is 5. The van der Waals surface area contributed by atoms with E-state index in [2.05, 4.69) is 9.80 Å². The molecule has 6 nitrogen and oxygen atoms in total. The molecule has 0 unspecified atom stereocenters. The molecule has 2 aromatic rings. The first-order chi connectivity index (χ1) is 13.2. The molecule has 1 aromatic carbocycles. The number of carbonyl (C=O) groups excluding carboxylic acids is 1. The van der Waals surface area contributed by atoms with Gasteiger partial charge in [-0.15, -0.1) is 0 Å². The van der Waals surface area contributed by atoms with Gasteiger partial charge in [0.1, 0.15) is 5.82 Å². The number of amides is 1. The summed E-state index contributed by atoms with van der Waals surface area (Å²) >= 11 is 0. The average Bonchev–Trinajstić information content (AvgIpc) is 3.24. The molecule has 0 saturated carbocycles. The number of anilines is 1. The van der Waals surface area contributed by atoms with Crippen molar-refractivity contribution in [2.24, 2.45) is 0 Å². The molecule has 3 heterocycles. The monoisotopic (exact) mass is 373 g/mol. The van der Waals surface area contributed by atoms with Crippen LogP contribution < -0.4 is 4.90 Å². The third-order valence-corrected chi connectivity index (χ3v) is 5.18. The molecule has 1 aromatic heterocycles. The Hall–Kier alpha value is -2.38. The predicted molar refractivity (Wildman–Crippen MR) is 99.4 cm³/mol. The van der Waals surface area contributed by atoms with Gasteiger partial charge in [-0.3, -0.25) is 9.69 Å². The maximum Gasteiger partial charge on any atom is 0.289 e. The molecule has 2 saturated heterocycles. The first-order valence-corrected chi connectivity index (χ1v) is 9.36. The minimum atomic E-state index is -0.208. The van der Waals surface area contributed by atoms with Crippen LogP contribution in [0.15, 0.2) is 47.1 Å². The van der Waals surface area contributed by atoms with E-state index in [1.54, 1.807) is 12.1 Å². The van der Waals surface area contributed by atoms with Gasteiger partial charge in [0.25, 0.3) is 5.91 Å². The zero-order valence-electron chi connectivity index (χ0n) is 15.2. The lowest BCUT2D eigenvalue weighted by atomic mass is 10.2. The van der Waals surface area contributed by atoms with Crippen LogP contribution in [0, 0.1) is 5.82 Å². The minimum Gasteiger partial charge on any atom is -0.459 e. The van der Waals surface area contributed by atoms with Crippen molar-refractivity contribution in [1.82, 2.24) is 9.80 Å². The Labute approximate surface area is 158 Å². The molecule has 0 radical (unpaired) electrons. The van der Waals surface area contributed by atoms with Crippen molar-refractivity contribution in [3.63, 3.8) is 0 Å². The third-order valence-electron chi connectivity index (χ3n) is 5.18. The number of rotatable bonds is 4. The van der Waals surface area contributed by atoms with Gasteiger partial charge in [-0.25, -0.2) is 4.39 Å². The minimum absolute atomic E-state index is 0.00929. The number of ether oxygens (including phenoxy) is 1. The lowest BCUT2D eigenvalue weighted by Gasteiger charge is -2.39. The molecule has 27 heavy (non-hydrogen) atoms. The van der Waals surface area contributed by atoms with E-state index in [4.69, 9.17) is 9.15 Å². The van der Waals surface area contributed by atoms with Crippen molar-refractivity contribution in [3.05, 3.63) is 54.2 Å². The zero-order chi connectivity index (χ0) is 18.6. The molecule has 0 N–H and O–H groups in total. The quantitative estimate of drug-likeness (QED) is 0.821. The van der Waals surface area contributed by atoms with Crippen molar-refractivity contribution in [3.8, 4) is 0 Å². The normalized spacial score (nSPS) is 21.4. The van der Waals surface area contributed by atoms with E-state index in [1.807, 2.05) is 17.0 Å². The fraction of sp³-hybridized carbons (Fsp3) is 0.450. The second-order valence-corrected chi connectivity index (χ2v) is 6.99. The lowest BCUT2D eigenvalue weighted by Crippen LogP contribution is -2.53. The number of furan rings is 1. The number of morpholine rings is 1. The van der Waals surface area contributed by atoms with Crippen LogP contribution in [0.5, 0.6) is 0 Å². The van der Waals surface area contributed by atoms with Crippen LogP contribution >= 0.6 is 0 Å². The maximum atomic E-state index is 13.1. The van der Waals surface area contributed by atoms with Crippen LogP contribution in [0.4, 0.5) is 10.1 Å². The Morgan fingerprint density at radius 3 is 2.56 bits per heavy atom. The number of hydrogen-bond donors (Lipinski definition) is 0. The van der Waals surface area contributed by atoms with E-state index in [0.29, 0.717) is 25.5 Å². The lowest BCUT2D eigenvalue weighted by molar-refractivity contribution is -0.0370. The molecule has 7 heteroatoms. The van der Waals surface area contributed by atoms with E-state index in [9.17, 15) is 9.18 Å². The Kier molecular flexibility index (Phi) is 5.40. The fourth-order valence-electron chi connectivity index (χ4n) is 3.70. The van der Waals surface area contributed by atoms with E-state index < -0.39 is 0 Å². The van der Waals surface area contributed by atoms with Crippen molar-refractivity contribution in [2.75, 3.05) is 57.3 Å². The molecule has 0 spiro atoms. The second-order valence-electron chi connectivity index (χ2n) is 6.99. The molecule has 4 rings (SSSR count). The molecule has 2 aliphatic rings. The number of carbonyl (C=O) groups is 1. The van der Waals surface area contributed by atoms with Gasteiger partial charge in [-0.1, -0.05) is 0 Å². The molecule has 1 atom stereocenters. The maximum absolute atomic E-state index is 13.1. The Morgan fingerprint density at radius 2 is 1.85 bits per heavy atom.